The van der Waals surface area contributed by atoms with E-state index < -0.39 is 0 Å². The molecular formula is C11H21N3O2. The van der Waals surface area contributed by atoms with Crippen LogP contribution >= 0.6 is 0 Å². The molecule has 1 saturated carbocycles. The van der Waals surface area contributed by atoms with Crippen LogP contribution in [0.4, 0.5) is 0 Å². The van der Waals surface area contributed by atoms with Crippen molar-refractivity contribution < 1.29 is 9.84 Å². The molecule has 1 aliphatic heterocycles. The summed E-state index contributed by atoms with van der Waals surface area (Å²) < 4.78 is 5.26. The normalized spacial score (nSPS) is 25.3. The molecule has 0 bridgehead atoms. The highest BCUT2D eigenvalue weighted by Crippen LogP contribution is 2.40. The summed E-state index contributed by atoms with van der Waals surface area (Å²) in [6.45, 7) is 3.98. The van der Waals surface area contributed by atoms with E-state index in [-0.39, 0.29) is 12.0 Å². The fourth-order valence-electron chi connectivity index (χ4n) is 2.18. The van der Waals surface area contributed by atoms with Crippen LogP contribution in [0.5, 0.6) is 0 Å². The predicted octanol–water partition coefficient (Wildman–Crippen LogP) is -0.204. The number of nitrogens with zero attached hydrogens (tertiary/aromatic N) is 2. The van der Waals surface area contributed by atoms with Gasteiger partial charge in [0.05, 0.1) is 26.4 Å². The third-order valence-electron chi connectivity index (χ3n) is 3.66. The van der Waals surface area contributed by atoms with E-state index in [1.807, 2.05) is 4.90 Å². The van der Waals surface area contributed by atoms with Gasteiger partial charge in [-0.3, -0.25) is 4.99 Å². The van der Waals surface area contributed by atoms with Crippen molar-refractivity contribution in [1.82, 2.24) is 4.90 Å². The third-order valence-corrected chi connectivity index (χ3v) is 3.66. The van der Waals surface area contributed by atoms with Crippen molar-refractivity contribution in [1.29, 1.82) is 0 Å². The first kappa shape index (κ1) is 11.7. The van der Waals surface area contributed by atoms with Crippen LogP contribution in [-0.4, -0.2) is 55.4 Å². The van der Waals surface area contributed by atoms with Gasteiger partial charge in [0.2, 0.25) is 0 Å². The molecule has 0 spiro atoms. The second kappa shape index (κ2) is 5.01. The Labute approximate surface area is 96.3 Å². The second-order valence-electron chi connectivity index (χ2n) is 4.79. The molecule has 0 unspecified atom stereocenters. The first-order valence-electron chi connectivity index (χ1n) is 5.99. The molecule has 2 rings (SSSR count). The monoisotopic (exact) mass is 227 g/mol. The highest BCUT2D eigenvalue weighted by molar-refractivity contribution is 5.78. The minimum Gasteiger partial charge on any atom is -0.396 e. The molecule has 0 aromatic heterocycles. The zero-order valence-electron chi connectivity index (χ0n) is 9.69. The van der Waals surface area contributed by atoms with Gasteiger partial charge in [-0.25, -0.2) is 0 Å². The lowest BCUT2D eigenvalue weighted by Crippen LogP contribution is -2.46. The first-order valence-corrected chi connectivity index (χ1v) is 5.99. The van der Waals surface area contributed by atoms with E-state index in [1.165, 1.54) is 6.42 Å². The van der Waals surface area contributed by atoms with E-state index >= 15 is 0 Å². The number of guanidine groups is 1. The standard InChI is InChI=1S/C11H21N3O2/c12-10(14-4-6-16-7-5-14)13-8-11(9-15)2-1-3-11/h15H,1-9H2,(H2,12,13). The van der Waals surface area contributed by atoms with Crippen molar-refractivity contribution in [3.63, 3.8) is 0 Å². The summed E-state index contributed by atoms with van der Waals surface area (Å²) in [5.41, 5.74) is 5.95. The molecule has 2 aliphatic rings. The molecule has 2 fully saturated rings. The smallest absolute Gasteiger partial charge is 0.191 e. The van der Waals surface area contributed by atoms with E-state index in [2.05, 4.69) is 4.99 Å². The SMILES string of the molecule is NC(=NCC1(CO)CCC1)N1CCOCC1. The summed E-state index contributed by atoms with van der Waals surface area (Å²) in [6.07, 6.45) is 3.35. The summed E-state index contributed by atoms with van der Waals surface area (Å²) in [6, 6.07) is 0. The van der Waals surface area contributed by atoms with Gasteiger partial charge in [0, 0.05) is 18.5 Å². The lowest BCUT2D eigenvalue weighted by Gasteiger charge is -2.39. The molecule has 0 amide bonds. The molecule has 0 atom stereocenters. The van der Waals surface area contributed by atoms with Crippen LogP contribution in [0.25, 0.3) is 0 Å². The van der Waals surface area contributed by atoms with Gasteiger partial charge < -0.3 is 20.5 Å². The highest BCUT2D eigenvalue weighted by atomic mass is 16.5. The van der Waals surface area contributed by atoms with Gasteiger partial charge in [0.15, 0.2) is 5.96 Å². The average Bonchev–Trinajstić information content (AvgIpc) is 2.29. The van der Waals surface area contributed by atoms with Gasteiger partial charge in [-0.15, -0.1) is 0 Å². The molecule has 92 valence electrons. The van der Waals surface area contributed by atoms with E-state index in [4.69, 9.17) is 10.5 Å². The number of aliphatic hydroxyl groups excluding tert-OH is 1. The zero-order valence-corrected chi connectivity index (χ0v) is 9.69. The van der Waals surface area contributed by atoms with Crippen LogP contribution in [0.3, 0.4) is 0 Å². The number of hydrogen-bond donors (Lipinski definition) is 2. The number of nitrogens with two attached hydrogens (primary N) is 1. The molecule has 5 heteroatoms. The number of morpholine rings is 1. The quantitative estimate of drug-likeness (QED) is 0.517. The van der Waals surface area contributed by atoms with Crippen molar-refractivity contribution in [2.75, 3.05) is 39.5 Å². The van der Waals surface area contributed by atoms with Crippen LogP contribution in [-0.2, 0) is 4.74 Å². The molecule has 16 heavy (non-hydrogen) atoms. The maximum Gasteiger partial charge on any atom is 0.191 e. The van der Waals surface area contributed by atoms with Crippen LogP contribution < -0.4 is 5.73 Å². The maximum absolute atomic E-state index is 9.32. The van der Waals surface area contributed by atoms with Crippen molar-refractivity contribution in [2.24, 2.45) is 16.1 Å². The molecule has 1 saturated heterocycles. The minimum absolute atomic E-state index is 0.0247. The van der Waals surface area contributed by atoms with Crippen LogP contribution in [0, 0.1) is 5.41 Å². The van der Waals surface area contributed by atoms with Crippen LogP contribution in [0.15, 0.2) is 4.99 Å². The highest BCUT2D eigenvalue weighted by Gasteiger charge is 2.36. The summed E-state index contributed by atoms with van der Waals surface area (Å²) in [4.78, 5) is 6.47. The Morgan fingerprint density at radius 2 is 2.06 bits per heavy atom. The lowest BCUT2D eigenvalue weighted by atomic mass is 9.69. The van der Waals surface area contributed by atoms with Gasteiger partial charge in [0.1, 0.15) is 0 Å². The fraction of sp³-hybridized carbons (Fsp3) is 0.909. The maximum atomic E-state index is 9.32. The molecule has 3 N–H and O–H groups in total. The van der Waals surface area contributed by atoms with E-state index in [1.54, 1.807) is 0 Å². The number of aliphatic imine (C=N–C) groups is 1. The molecule has 0 aromatic rings. The predicted molar refractivity (Wildman–Crippen MR) is 62.3 cm³/mol. The Hall–Kier alpha value is -0.810. The summed E-state index contributed by atoms with van der Waals surface area (Å²) in [5.74, 6) is 0.600. The Balaban J connectivity index is 1.85. The second-order valence-corrected chi connectivity index (χ2v) is 4.79. The Kier molecular flexibility index (Phi) is 3.66. The Morgan fingerprint density at radius 1 is 1.38 bits per heavy atom. The van der Waals surface area contributed by atoms with Crippen LogP contribution in [0.1, 0.15) is 19.3 Å². The lowest BCUT2D eigenvalue weighted by molar-refractivity contribution is 0.0520. The average molecular weight is 227 g/mol. The van der Waals surface area contributed by atoms with Gasteiger partial charge in [-0.1, -0.05) is 6.42 Å². The van der Waals surface area contributed by atoms with Crippen molar-refractivity contribution in [3.05, 3.63) is 0 Å². The van der Waals surface area contributed by atoms with Crippen LogP contribution in [0.2, 0.25) is 0 Å². The molecule has 1 heterocycles. The number of ether oxygens (including phenoxy) is 1. The summed E-state index contributed by atoms with van der Waals surface area (Å²) in [7, 11) is 0. The van der Waals surface area contributed by atoms with Crippen molar-refractivity contribution in [2.45, 2.75) is 19.3 Å². The summed E-state index contributed by atoms with van der Waals surface area (Å²) >= 11 is 0. The Bertz CT molecular complexity index is 252. The van der Waals surface area contributed by atoms with E-state index in [0.29, 0.717) is 12.5 Å². The topological polar surface area (TPSA) is 71.1 Å². The molecule has 5 nitrogen and oxygen atoms in total. The number of hydrogen-bond acceptors (Lipinski definition) is 3. The molecular weight excluding hydrogens is 206 g/mol. The fourth-order valence-corrected chi connectivity index (χ4v) is 2.18. The van der Waals surface area contributed by atoms with Gasteiger partial charge in [-0.05, 0) is 12.8 Å². The van der Waals surface area contributed by atoms with E-state index in [9.17, 15) is 5.11 Å². The summed E-state index contributed by atoms with van der Waals surface area (Å²) in [5, 5.41) is 9.32. The number of rotatable bonds is 3. The zero-order chi connectivity index (χ0) is 11.4. The van der Waals surface area contributed by atoms with Crippen molar-refractivity contribution in [3.8, 4) is 0 Å². The number of aliphatic hydroxyl groups is 1. The largest absolute Gasteiger partial charge is 0.396 e. The third kappa shape index (κ3) is 2.47. The van der Waals surface area contributed by atoms with Gasteiger partial charge in [0.25, 0.3) is 0 Å². The van der Waals surface area contributed by atoms with Gasteiger partial charge in [-0.2, -0.15) is 0 Å². The molecule has 0 radical (unpaired) electrons. The van der Waals surface area contributed by atoms with Crippen molar-refractivity contribution >= 4 is 5.96 Å². The Morgan fingerprint density at radius 3 is 2.56 bits per heavy atom. The minimum atomic E-state index is 0.0247. The van der Waals surface area contributed by atoms with Gasteiger partial charge >= 0.3 is 0 Å². The molecule has 0 aromatic carbocycles. The van der Waals surface area contributed by atoms with E-state index in [0.717, 1.165) is 39.1 Å². The first-order chi connectivity index (χ1) is 7.76. The molecule has 1 aliphatic carbocycles.